The average Bonchev–Trinajstić information content (AvgIpc) is 3.19. The summed E-state index contributed by atoms with van der Waals surface area (Å²) in [5.41, 5.74) is 3.53. The van der Waals surface area contributed by atoms with E-state index >= 15 is 0 Å². The standard InChI is InChI=1S/C28H34N2O5/c1-2-17-30(18-14-25(31)32)26(33)28(15-8-3-9-16-28)29-27(34)35-19-24-22-12-6-4-10-20(22)21-11-5-7-13-23(21)24/h4-7,10-13,24H,2-3,8-9,14-19H2,1H3,(H,29,34)(H,31,32). The highest BCUT2D eigenvalue weighted by Gasteiger charge is 2.44. The Kier molecular flexibility index (Phi) is 7.73. The van der Waals surface area contributed by atoms with Gasteiger partial charge in [-0.25, -0.2) is 4.79 Å². The third-order valence-electron chi connectivity index (χ3n) is 7.18. The molecule has 2 aliphatic rings. The maximum atomic E-state index is 13.6. The average molecular weight is 479 g/mol. The van der Waals surface area contributed by atoms with Gasteiger partial charge in [0.1, 0.15) is 12.1 Å². The molecule has 0 radical (unpaired) electrons. The number of fused-ring (bicyclic) bond motifs is 3. The number of rotatable bonds is 9. The van der Waals surface area contributed by atoms with Crippen LogP contribution >= 0.6 is 0 Å². The minimum absolute atomic E-state index is 0.0571. The Hall–Kier alpha value is -3.35. The number of aliphatic carboxylic acids is 1. The minimum Gasteiger partial charge on any atom is -0.481 e. The van der Waals surface area contributed by atoms with Gasteiger partial charge in [0, 0.05) is 19.0 Å². The fourth-order valence-corrected chi connectivity index (χ4v) is 5.50. The van der Waals surface area contributed by atoms with Crippen molar-refractivity contribution in [2.24, 2.45) is 0 Å². The van der Waals surface area contributed by atoms with E-state index in [1.807, 2.05) is 31.2 Å². The summed E-state index contributed by atoms with van der Waals surface area (Å²) in [6.07, 6.45) is 3.72. The van der Waals surface area contributed by atoms with Gasteiger partial charge in [-0.2, -0.15) is 0 Å². The zero-order chi connectivity index (χ0) is 24.8. The van der Waals surface area contributed by atoms with E-state index in [1.54, 1.807) is 4.90 Å². The van der Waals surface area contributed by atoms with E-state index in [0.717, 1.165) is 41.5 Å². The molecule has 186 valence electrons. The lowest BCUT2D eigenvalue weighted by molar-refractivity contribution is -0.142. The molecule has 35 heavy (non-hydrogen) atoms. The number of carbonyl (C=O) groups excluding carboxylic acids is 2. The van der Waals surface area contributed by atoms with Gasteiger partial charge in [0.05, 0.1) is 6.42 Å². The largest absolute Gasteiger partial charge is 0.481 e. The van der Waals surface area contributed by atoms with Crippen LogP contribution in [-0.4, -0.2) is 53.2 Å². The summed E-state index contributed by atoms with van der Waals surface area (Å²) in [6, 6.07) is 16.3. The van der Waals surface area contributed by atoms with Crippen molar-refractivity contribution in [1.29, 1.82) is 0 Å². The van der Waals surface area contributed by atoms with Crippen LogP contribution in [0.1, 0.15) is 68.9 Å². The number of nitrogens with one attached hydrogen (secondary N) is 1. The number of hydrogen-bond donors (Lipinski definition) is 2. The van der Waals surface area contributed by atoms with E-state index in [0.29, 0.717) is 25.8 Å². The molecule has 0 aliphatic heterocycles. The van der Waals surface area contributed by atoms with Crippen molar-refractivity contribution in [3.63, 3.8) is 0 Å². The molecule has 2 aromatic rings. The molecule has 4 rings (SSSR count). The third kappa shape index (κ3) is 5.34. The van der Waals surface area contributed by atoms with Gasteiger partial charge in [-0.15, -0.1) is 0 Å². The molecule has 2 amide bonds. The van der Waals surface area contributed by atoms with Gasteiger partial charge in [-0.1, -0.05) is 74.7 Å². The molecule has 2 N–H and O–H groups in total. The number of nitrogens with zero attached hydrogens (tertiary/aromatic N) is 1. The number of ether oxygens (including phenoxy) is 1. The lowest BCUT2D eigenvalue weighted by atomic mass is 9.80. The van der Waals surface area contributed by atoms with Gasteiger partial charge < -0.3 is 20.1 Å². The molecule has 7 nitrogen and oxygen atoms in total. The van der Waals surface area contributed by atoms with E-state index in [4.69, 9.17) is 9.84 Å². The Labute approximate surface area is 206 Å². The summed E-state index contributed by atoms with van der Waals surface area (Å²) in [6.45, 7) is 2.73. The highest BCUT2D eigenvalue weighted by molar-refractivity contribution is 5.90. The first-order valence-corrected chi connectivity index (χ1v) is 12.6. The Morgan fingerprint density at radius 2 is 1.57 bits per heavy atom. The van der Waals surface area contributed by atoms with E-state index in [1.165, 1.54) is 0 Å². The molecular formula is C28H34N2O5. The second-order valence-corrected chi connectivity index (χ2v) is 9.53. The zero-order valence-electron chi connectivity index (χ0n) is 20.3. The first kappa shape index (κ1) is 24.8. The lowest BCUT2D eigenvalue weighted by Crippen LogP contribution is -2.61. The maximum absolute atomic E-state index is 13.6. The number of carboxylic acid groups (broad SMARTS) is 1. The van der Waals surface area contributed by atoms with Crippen molar-refractivity contribution in [3.8, 4) is 11.1 Å². The maximum Gasteiger partial charge on any atom is 0.408 e. The van der Waals surface area contributed by atoms with E-state index < -0.39 is 17.6 Å². The first-order chi connectivity index (χ1) is 16.9. The van der Waals surface area contributed by atoms with Gasteiger partial charge >= 0.3 is 12.1 Å². The Balaban J connectivity index is 1.48. The van der Waals surface area contributed by atoms with E-state index in [9.17, 15) is 14.4 Å². The Bertz CT molecular complexity index is 1030. The third-order valence-corrected chi connectivity index (χ3v) is 7.18. The van der Waals surface area contributed by atoms with Crippen LogP contribution in [0.5, 0.6) is 0 Å². The van der Waals surface area contributed by atoms with Gasteiger partial charge in [0.15, 0.2) is 0 Å². The van der Waals surface area contributed by atoms with E-state index in [2.05, 4.69) is 29.6 Å². The van der Waals surface area contributed by atoms with Crippen molar-refractivity contribution in [2.45, 2.75) is 63.3 Å². The second-order valence-electron chi connectivity index (χ2n) is 9.53. The number of alkyl carbamates (subject to hydrolysis) is 1. The fourth-order valence-electron chi connectivity index (χ4n) is 5.50. The SMILES string of the molecule is CCCN(CCC(=O)O)C(=O)C1(NC(=O)OCC2c3ccccc3-c3ccccc32)CCCCC1. The number of carbonyl (C=O) groups is 3. The molecule has 2 aliphatic carbocycles. The van der Waals surface area contributed by atoms with Crippen LogP contribution in [-0.2, 0) is 14.3 Å². The highest BCUT2D eigenvalue weighted by atomic mass is 16.5. The molecule has 7 heteroatoms. The first-order valence-electron chi connectivity index (χ1n) is 12.6. The summed E-state index contributed by atoms with van der Waals surface area (Å²) < 4.78 is 5.74. The Morgan fingerprint density at radius 3 is 2.14 bits per heavy atom. The molecule has 0 atom stereocenters. The summed E-state index contributed by atoms with van der Waals surface area (Å²) in [7, 11) is 0. The molecule has 0 unspecified atom stereocenters. The number of benzene rings is 2. The normalized spacial score (nSPS) is 16.1. The molecule has 0 saturated heterocycles. The molecule has 0 bridgehead atoms. The summed E-state index contributed by atoms with van der Waals surface area (Å²) in [4.78, 5) is 39.4. The number of hydrogen-bond acceptors (Lipinski definition) is 4. The lowest BCUT2D eigenvalue weighted by Gasteiger charge is -2.40. The summed E-state index contributed by atoms with van der Waals surface area (Å²) >= 11 is 0. The molecule has 2 aromatic carbocycles. The minimum atomic E-state index is -1.05. The molecule has 1 saturated carbocycles. The molecular weight excluding hydrogens is 444 g/mol. The smallest absolute Gasteiger partial charge is 0.408 e. The molecule has 0 spiro atoms. The topological polar surface area (TPSA) is 95.9 Å². The van der Waals surface area contributed by atoms with Gasteiger partial charge in [0.2, 0.25) is 5.91 Å². The van der Waals surface area contributed by atoms with Gasteiger partial charge in [0.25, 0.3) is 0 Å². The monoisotopic (exact) mass is 478 g/mol. The van der Waals surface area contributed by atoms with Crippen molar-refractivity contribution in [2.75, 3.05) is 19.7 Å². The van der Waals surface area contributed by atoms with E-state index in [-0.39, 0.29) is 31.4 Å². The van der Waals surface area contributed by atoms with Crippen LogP contribution in [0.3, 0.4) is 0 Å². The number of amides is 2. The van der Waals surface area contributed by atoms with Crippen LogP contribution in [0.25, 0.3) is 11.1 Å². The van der Waals surface area contributed by atoms with Crippen molar-refractivity contribution >= 4 is 18.0 Å². The van der Waals surface area contributed by atoms with Crippen LogP contribution in [0.4, 0.5) is 4.79 Å². The fraction of sp³-hybridized carbons (Fsp3) is 0.464. The molecule has 1 fully saturated rings. The van der Waals surface area contributed by atoms with Crippen molar-refractivity contribution in [1.82, 2.24) is 10.2 Å². The number of carboxylic acids is 1. The molecule has 0 aromatic heterocycles. The van der Waals surface area contributed by atoms with Crippen molar-refractivity contribution in [3.05, 3.63) is 59.7 Å². The highest BCUT2D eigenvalue weighted by Crippen LogP contribution is 2.44. The van der Waals surface area contributed by atoms with Crippen LogP contribution in [0, 0.1) is 0 Å². The predicted octanol–water partition coefficient (Wildman–Crippen LogP) is 4.94. The van der Waals surface area contributed by atoms with Crippen LogP contribution < -0.4 is 5.32 Å². The summed E-state index contributed by atoms with van der Waals surface area (Å²) in [5, 5.41) is 12.0. The Morgan fingerprint density at radius 1 is 0.971 bits per heavy atom. The van der Waals surface area contributed by atoms with Gasteiger partial charge in [-0.05, 0) is 41.5 Å². The van der Waals surface area contributed by atoms with Crippen LogP contribution in [0.2, 0.25) is 0 Å². The van der Waals surface area contributed by atoms with Gasteiger partial charge in [-0.3, -0.25) is 9.59 Å². The molecule has 0 heterocycles. The second kappa shape index (κ2) is 10.9. The summed E-state index contributed by atoms with van der Waals surface area (Å²) in [5.74, 6) is -1.20. The van der Waals surface area contributed by atoms with Crippen LogP contribution in [0.15, 0.2) is 48.5 Å². The zero-order valence-corrected chi connectivity index (χ0v) is 20.3. The predicted molar refractivity (Wildman–Crippen MR) is 133 cm³/mol. The quantitative estimate of drug-likeness (QED) is 0.532. The van der Waals surface area contributed by atoms with Crippen molar-refractivity contribution < 1.29 is 24.2 Å².